The molecule has 1 saturated carbocycles. The van der Waals surface area contributed by atoms with Crippen LogP contribution in [-0.2, 0) is 10.2 Å². The Balaban J connectivity index is 1.92. The number of para-hydroxylation sites is 1. The maximum absolute atomic E-state index is 13.1. The molecule has 3 rings (SSSR count). The molecule has 2 aromatic rings. The second kappa shape index (κ2) is 5.96. The summed E-state index contributed by atoms with van der Waals surface area (Å²) in [5, 5.41) is 3.17. The number of hydrogen-bond acceptors (Lipinski definition) is 1. The van der Waals surface area contributed by atoms with Gasteiger partial charge in [0.1, 0.15) is 0 Å². The largest absolute Gasteiger partial charge is 0.325 e. The molecule has 0 radical (unpaired) electrons. The van der Waals surface area contributed by atoms with Crippen LogP contribution in [0.3, 0.4) is 0 Å². The van der Waals surface area contributed by atoms with Crippen molar-refractivity contribution in [2.24, 2.45) is 0 Å². The third kappa shape index (κ3) is 2.66. The molecular formula is C20H23NO. The van der Waals surface area contributed by atoms with Crippen molar-refractivity contribution < 1.29 is 4.79 Å². The SMILES string of the molecule is Cc1ccc(C2(C(=O)Nc3ccccc3C)CCCC2)cc1. The van der Waals surface area contributed by atoms with Crippen LogP contribution in [0.2, 0.25) is 0 Å². The summed E-state index contributed by atoms with van der Waals surface area (Å²) in [7, 11) is 0. The van der Waals surface area contributed by atoms with Crippen molar-refractivity contribution in [3.8, 4) is 0 Å². The lowest BCUT2D eigenvalue weighted by molar-refractivity contribution is -0.121. The zero-order valence-corrected chi connectivity index (χ0v) is 13.4. The molecule has 1 aliphatic carbocycles. The Labute approximate surface area is 132 Å². The second-order valence-corrected chi connectivity index (χ2v) is 6.42. The highest BCUT2D eigenvalue weighted by Crippen LogP contribution is 2.42. The minimum absolute atomic E-state index is 0.142. The number of carbonyl (C=O) groups excluding carboxylic acids is 1. The van der Waals surface area contributed by atoms with Gasteiger partial charge in [0.2, 0.25) is 5.91 Å². The molecule has 2 nitrogen and oxygen atoms in total. The van der Waals surface area contributed by atoms with E-state index in [1.54, 1.807) is 0 Å². The van der Waals surface area contributed by atoms with Gasteiger partial charge in [-0.2, -0.15) is 0 Å². The van der Waals surface area contributed by atoms with Crippen LogP contribution in [-0.4, -0.2) is 5.91 Å². The normalized spacial score (nSPS) is 16.5. The fourth-order valence-corrected chi connectivity index (χ4v) is 3.45. The van der Waals surface area contributed by atoms with Gasteiger partial charge in [0.15, 0.2) is 0 Å². The van der Waals surface area contributed by atoms with E-state index in [2.05, 4.69) is 36.5 Å². The Morgan fingerprint density at radius 1 is 0.955 bits per heavy atom. The highest BCUT2D eigenvalue weighted by Gasteiger charge is 2.42. The van der Waals surface area contributed by atoms with Crippen LogP contribution in [0, 0.1) is 13.8 Å². The molecule has 1 N–H and O–H groups in total. The molecular weight excluding hydrogens is 270 g/mol. The number of carbonyl (C=O) groups is 1. The van der Waals surface area contributed by atoms with E-state index in [9.17, 15) is 4.79 Å². The molecule has 0 bridgehead atoms. The van der Waals surface area contributed by atoms with Crippen molar-refractivity contribution in [2.45, 2.75) is 44.9 Å². The van der Waals surface area contributed by atoms with E-state index < -0.39 is 0 Å². The monoisotopic (exact) mass is 293 g/mol. The van der Waals surface area contributed by atoms with Gasteiger partial charge in [-0.15, -0.1) is 0 Å². The first-order valence-corrected chi connectivity index (χ1v) is 8.06. The van der Waals surface area contributed by atoms with Crippen molar-refractivity contribution in [1.29, 1.82) is 0 Å². The van der Waals surface area contributed by atoms with Crippen molar-refractivity contribution in [2.75, 3.05) is 5.32 Å². The van der Waals surface area contributed by atoms with E-state index in [0.29, 0.717) is 0 Å². The molecule has 2 heteroatoms. The molecule has 0 aliphatic heterocycles. The first-order valence-electron chi connectivity index (χ1n) is 8.06. The topological polar surface area (TPSA) is 29.1 Å². The van der Waals surface area contributed by atoms with Gasteiger partial charge in [-0.1, -0.05) is 60.9 Å². The average molecular weight is 293 g/mol. The predicted molar refractivity (Wildman–Crippen MR) is 91.1 cm³/mol. The zero-order valence-electron chi connectivity index (χ0n) is 13.4. The third-order valence-electron chi connectivity index (χ3n) is 4.89. The van der Waals surface area contributed by atoms with Gasteiger partial charge in [0, 0.05) is 5.69 Å². The highest BCUT2D eigenvalue weighted by molar-refractivity contribution is 5.99. The van der Waals surface area contributed by atoms with Gasteiger partial charge in [-0.25, -0.2) is 0 Å². The van der Waals surface area contributed by atoms with E-state index in [4.69, 9.17) is 0 Å². The molecule has 0 atom stereocenters. The summed E-state index contributed by atoms with van der Waals surface area (Å²) in [5.74, 6) is 0.142. The van der Waals surface area contributed by atoms with E-state index in [0.717, 1.165) is 42.5 Å². The summed E-state index contributed by atoms with van der Waals surface area (Å²) in [6.45, 7) is 4.11. The average Bonchev–Trinajstić information content (AvgIpc) is 3.01. The van der Waals surface area contributed by atoms with E-state index in [1.165, 1.54) is 5.56 Å². The summed E-state index contributed by atoms with van der Waals surface area (Å²) in [6.07, 6.45) is 4.12. The molecule has 22 heavy (non-hydrogen) atoms. The van der Waals surface area contributed by atoms with Crippen molar-refractivity contribution in [1.82, 2.24) is 0 Å². The summed E-state index contributed by atoms with van der Waals surface area (Å²) in [5.41, 5.74) is 4.05. The zero-order chi connectivity index (χ0) is 15.6. The van der Waals surface area contributed by atoms with Gasteiger partial charge in [0.25, 0.3) is 0 Å². The quantitative estimate of drug-likeness (QED) is 0.869. The number of anilines is 1. The minimum atomic E-state index is -0.365. The number of rotatable bonds is 3. The molecule has 0 unspecified atom stereocenters. The van der Waals surface area contributed by atoms with Gasteiger partial charge in [-0.05, 0) is 43.9 Å². The van der Waals surface area contributed by atoms with Crippen LogP contribution in [0.5, 0.6) is 0 Å². The van der Waals surface area contributed by atoms with Gasteiger partial charge in [0.05, 0.1) is 5.41 Å². The Bertz CT molecular complexity index is 666. The molecule has 2 aromatic carbocycles. The molecule has 1 amide bonds. The van der Waals surface area contributed by atoms with Crippen molar-refractivity contribution >= 4 is 11.6 Å². The lowest BCUT2D eigenvalue weighted by atomic mass is 9.77. The van der Waals surface area contributed by atoms with Crippen LogP contribution < -0.4 is 5.32 Å². The summed E-state index contributed by atoms with van der Waals surface area (Å²) < 4.78 is 0. The minimum Gasteiger partial charge on any atom is -0.325 e. The third-order valence-corrected chi connectivity index (χ3v) is 4.89. The van der Waals surface area contributed by atoms with Crippen LogP contribution in [0.4, 0.5) is 5.69 Å². The summed E-state index contributed by atoms with van der Waals surface area (Å²) in [6, 6.07) is 16.4. The Hall–Kier alpha value is -2.09. The number of aryl methyl sites for hydroxylation is 2. The fraction of sp³-hybridized carbons (Fsp3) is 0.350. The van der Waals surface area contributed by atoms with Gasteiger partial charge < -0.3 is 5.32 Å². The van der Waals surface area contributed by atoms with Gasteiger partial charge in [-0.3, -0.25) is 4.79 Å². The maximum atomic E-state index is 13.1. The van der Waals surface area contributed by atoms with E-state index in [1.807, 2.05) is 31.2 Å². The number of nitrogens with one attached hydrogen (secondary N) is 1. The molecule has 0 spiro atoms. The maximum Gasteiger partial charge on any atom is 0.235 e. The molecule has 1 aliphatic rings. The first kappa shape index (κ1) is 14.8. The van der Waals surface area contributed by atoms with Crippen LogP contribution in [0.1, 0.15) is 42.4 Å². The number of benzene rings is 2. The molecule has 114 valence electrons. The van der Waals surface area contributed by atoms with Gasteiger partial charge >= 0.3 is 0 Å². The van der Waals surface area contributed by atoms with Crippen molar-refractivity contribution in [3.05, 3.63) is 65.2 Å². The summed E-state index contributed by atoms with van der Waals surface area (Å²) in [4.78, 5) is 13.1. The Kier molecular flexibility index (Phi) is 4.02. The van der Waals surface area contributed by atoms with Crippen LogP contribution in [0.25, 0.3) is 0 Å². The van der Waals surface area contributed by atoms with Crippen molar-refractivity contribution in [3.63, 3.8) is 0 Å². The molecule has 1 fully saturated rings. The molecule has 0 heterocycles. The number of amides is 1. The Morgan fingerprint density at radius 2 is 1.59 bits per heavy atom. The lowest BCUT2D eigenvalue weighted by Gasteiger charge is -2.29. The van der Waals surface area contributed by atoms with E-state index in [-0.39, 0.29) is 11.3 Å². The second-order valence-electron chi connectivity index (χ2n) is 6.42. The first-order chi connectivity index (χ1) is 10.6. The molecule has 0 saturated heterocycles. The van der Waals surface area contributed by atoms with Crippen LogP contribution >= 0.6 is 0 Å². The fourth-order valence-electron chi connectivity index (χ4n) is 3.45. The standard InChI is InChI=1S/C20H23NO/c1-15-9-11-17(12-10-15)20(13-5-6-14-20)19(22)21-18-8-4-3-7-16(18)2/h3-4,7-12H,5-6,13-14H2,1-2H3,(H,21,22). The smallest absolute Gasteiger partial charge is 0.235 e. The Morgan fingerprint density at radius 3 is 2.23 bits per heavy atom. The lowest BCUT2D eigenvalue weighted by Crippen LogP contribution is -2.38. The highest BCUT2D eigenvalue weighted by atomic mass is 16.2. The predicted octanol–water partition coefficient (Wildman–Crippen LogP) is 4.75. The van der Waals surface area contributed by atoms with E-state index >= 15 is 0 Å². The number of hydrogen-bond donors (Lipinski definition) is 1. The summed E-state index contributed by atoms with van der Waals surface area (Å²) >= 11 is 0. The van der Waals surface area contributed by atoms with Crippen LogP contribution in [0.15, 0.2) is 48.5 Å². The molecule has 0 aromatic heterocycles.